The molecule has 1 N–H and O–H groups in total. The maximum absolute atomic E-state index is 11.2. The fraction of sp³-hybridized carbons (Fsp3) is 0.200. The number of guanidine groups is 1. The van der Waals surface area contributed by atoms with E-state index in [9.17, 15) is 4.79 Å². The molecule has 3 rings (SSSR count). The van der Waals surface area contributed by atoms with Crippen molar-refractivity contribution >= 4 is 45.1 Å². The highest BCUT2D eigenvalue weighted by molar-refractivity contribution is 9.10. The normalized spacial score (nSPS) is 17.8. The number of hydrogen-bond donors (Lipinski definition) is 1. The lowest BCUT2D eigenvalue weighted by Crippen LogP contribution is -2.32. The van der Waals surface area contributed by atoms with E-state index in [0.717, 1.165) is 15.7 Å². The Morgan fingerprint density at radius 1 is 1.44 bits per heavy atom. The number of nitrogens with zero attached hydrogens (tertiary/aromatic N) is 2. The zero-order valence-corrected chi connectivity index (χ0v) is 10.5. The fourth-order valence-corrected chi connectivity index (χ4v) is 2.45. The summed E-state index contributed by atoms with van der Waals surface area (Å²) < 4.78 is 0.852. The first kappa shape index (κ1) is 10.1. The van der Waals surface area contributed by atoms with E-state index in [-0.39, 0.29) is 5.91 Å². The fourth-order valence-electron chi connectivity index (χ4n) is 1.86. The number of carbonyl (C=O) groups excluding carboxylic acids is 1. The molecule has 0 bridgehead atoms. The maximum atomic E-state index is 11.2. The summed E-state index contributed by atoms with van der Waals surface area (Å²) in [5.41, 5.74) is 1.78. The van der Waals surface area contributed by atoms with E-state index in [2.05, 4.69) is 26.2 Å². The third-order valence-corrected chi connectivity index (χ3v) is 3.95. The van der Waals surface area contributed by atoms with Crippen LogP contribution in [0.4, 0.5) is 5.69 Å². The molecule has 2 aliphatic rings. The van der Waals surface area contributed by atoms with Gasteiger partial charge in [-0.25, -0.2) is 4.99 Å². The summed E-state index contributed by atoms with van der Waals surface area (Å²) in [4.78, 5) is 17.5. The van der Waals surface area contributed by atoms with E-state index in [1.807, 2.05) is 17.0 Å². The lowest BCUT2D eigenvalue weighted by atomic mass is 10.1. The van der Waals surface area contributed by atoms with Crippen LogP contribution in [0.1, 0.15) is 5.56 Å². The average Bonchev–Trinajstić information content (AvgIpc) is 2.61. The van der Waals surface area contributed by atoms with E-state index in [4.69, 9.17) is 11.6 Å². The third kappa shape index (κ3) is 1.43. The smallest absolute Gasteiger partial charge is 0.246 e. The van der Waals surface area contributed by atoms with Crippen LogP contribution >= 0.6 is 27.5 Å². The quantitative estimate of drug-likeness (QED) is 0.797. The van der Waals surface area contributed by atoms with Crippen molar-refractivity contribution in [3.8, 4) is 0 Å². The molecule has 0 atom stereocenters. The van der Waals surface area contributed by atoms with Gasteiger partial charge in [-0.2, -0.15) is 0 Å². The Morgan fingerprint density at radius 3 is 3.06 bits per heavy atom. The second-order valence-corrected chi connectivity index (χ2v) is 4.93. The van der Waals surface area contributed by atoms with Gasteiger partial charge in [0.1, 0.15) is 6.54 Å². The highest BCUT2D eigenvalue weighted by Gasteiger charge is 2.30. The number of nitrogens with one attached hydrogen (secondary N) is 1. The maximum Gasteiger partial charge on any atom is 0.246 e. The summed E-state index contributed by atoms with van der Waals surface area (Å²) in [6, 6.07) is 3.75. The molecule has 16 heavy (non-hydrogen) atoms. The molecule has 82 valence electrons. The van der Waals surface area contributed by atoms with E-state index in [1.165, 1.54) is 0 Å². The first-order valence-corrected chi connectivity index (χ1v) is 5.92. The molecule has 4 nitrogen and oxygen atoms in total. The van der Waals surface area contributed by atoms with Crippen molar-refractivity contribution in [2.75, 3.05) is 6.54 Å². The summed E-state index contributed by atoms with van der Waals surface area (Å²) >= 11 is 9.57. The highest BCUT2D eigenvalue weighted by atomic mass is 79.9. The minimum absolute atomic E-state index is 0.0262. The van der Waals surface area contributed by atoms with Crippen molar-refractivity contribution < 1.29 is 4.79 Å². The van der Waals surface area contributed by atoms with Gasteiger partial charge in [0.15, 0.2) is 0 Å². The van der Waals surface area contributed by atoms with Crippen LogP contribution in [0.3, 0.4) is 0 Å². The molecule has 1 aromatic carbocycles. The number of halogens is 2. The van der Waals surface area contributed by atoms with Gasteiger partial charge in [0.05, 0.1) is 17.3 Å². The highest BCUT2D eigenvalue weighted by Crippen LogP contribution is 2.36. The second-order valence-electron chi connectivity index (χ2n) is 3.70. The number of amides is 1. The monoisotopic (exact) mass is 299 g/mol. The molecule has 0 unspecified atom stereocenters. The van der Waals surface area contributed by atoms with Crippen LogP contribution in [-0.4, -0.2) is 23.3 Å². The summed E-state index contributed by atoms with van der Waals surface area (Å²) in [6.07, 6.45) is 0. The summed E-state index contributed by atoms with van der Waals surface area (Å²) in [6.45, 7) is 0.965. The van der Waals surface area contributed by atoms with Crippen LogP contribution in [0, 0.1) is 0 Å². The number of benzene rings is 1. The van der Waals surface area contributed by atoms with Gasteiger partial charge >= 0.3 is 0 Å². The van der Waals surface area contributed by atoms with Crippen LogP contribution < -0.4 is 5.32 Å². The number of carbonyl (C=O) groups is 1. The van der Waals surface area contributed by atoms with Gasteiger partial charge in [0.2, 0.25) is 11.9 Å². The van der Waals surface area contributed by atoms with Gasteiger partial charge in [-0.05, 0) is 28.1 Å². The molecule has 2 heterocycles. The molecular weight excluding hydrogens is 293 g/mol. The minimum Gasteiger partial charge on any atom is -0.329 e. The molecule has 0 radical (unpaired) electrons. The van der Waals surface area contributed by atoms with E-state index < -0.39 is 0 Å². The Balaban J connectivity index is 2.12. The van der Waals surface area contributed by atoms with Crippen molar-refractivity contribution in [2.45, 2.75) is 6.54 Å². The second kappa shape index (κ2) is 3.46. The van der Waals surface area contributed by atoms with Crippen molar-refractivity contribution in [3.05, 3.63) is 27.2 Å². The Kier molecular flexibility index (Phi) is 2.19. The Morgan fingerprint density at radius 2 is 2.25 bits per heavy atom. The predicted molar refractivity (Wildman–Crippen MR) is 64.8 cm³/mol. The number of fused-ring (bicyclic) bond motifs is 2. The predicted octanol–water partition coefficient (Wildman–Crippen LogP) is 2.04. The topological polar surface area (TPSA) is 44.7 Å². The average molecular weight is 301 g/mol. The molecule has 2 aliphatic heterocycles. The van der Waals surface area contributed by atoms with Gasteiger partial charge < -0.3 is 4.90 Å². The van der Waals surface area contributed by atoms with E-state index in [1.54, 1.807) is 0 Å². The van der Waals surface area contributed by atoms with Gasteiger partial charge in [-0.1, -0.05) is 11.6 Å². The van der Waals surface area contributed by atoms with Crippen molar-refractivity contribution in [1.29, 1.82) is 0 Å². The van der Waals surface area contributed by atoms with Crippen LogP contribution in [0.25, 0.3) is 0 Å². The zero-order valence-electron chi connectivity index (χ0n) is 8.13. The van der Waals surface area contributed by atoms with Crippen LogP contribution in [0.2, 0.25) is 5.02 Å². The molecular formula is C10H7BrClN3O. The summed E-state index contributed by atoms with van der Waals surface area (Å²) in [7, 11) is 0. The molecule has 6 heteroatoms. The van der Waals surface area contributed by atoms with Crippen LogP contribution in [-0.2, 0) is 11.3 Å². The molecule has 1 saturated heterocycles. The van der Waals surface area contributed by atoms with Gasteiger partial charge in [-0.15, -0.1) is 0 Å². The first-order chi connectivity index (χ1) is 7.65. The van der Waals surface area contributed by atoms with Crippen molar-refractivity contribution in [1.82, 2.24) is 10.2 Å². The van der Waals surface area contributed by atoms with Gasteiger partial charge in [-0.3, -0.25) is 10.1 Å². The lowest BCUT2D eigenvalue weighted by Gasteiger charge is -2.23. The largest absolute Gasteiger partial charge is 0.329 e. The first-order valence-electron chi connectivity index (χ1n) is 4.75. The van der Waals surface area contributed by atoms with Crippen molar-refractivity contribution in [2.24, 2.45) is 4.99 Å². The SMILES string of the molecule is O=C1CN2Cc3c(ccc(Br)c3Cl)N=C2N1. The molecule has 0 aliphatic carbocycles. The van der Waals surface area contributed by atoms with E-state index in [0.29, 0.717) is 24.1 Å². The molecule has 0 saturated carbocycles. The van der Waals surface area contributed by atoms with Gasteiger partial charge in [0, 0.05) is 10.0 Å². The molecule has 1 fully saturated rings. The Bertz CT molecular complexity index is 529. The number of aliphatic imine (C=N–C) groups is 1. The molecule has 0 spiro atoms. The Hall–Kier alpha value is -1.07. The zero-order chi connectivity index (χ0) is 11.3. The van der Waals surface area contributed by atoms with Crippen molar-refractivity contribution in [3.63, 3.8) is 0 Å². The summed E-state index contributed by atoms with van der Waals surface area (Å²) in [5.74, 6) is 0.595. The van der Waals surface area contributed by atoms with Crippen LogP contribution in [0.15, 0.2) is 21.6 Å². The van der Waals surface area contributed by atoms with E-state index >= 15 is 0 Å². The molecule has 1 amide bonds. The lowest BCUT2D eigenvalue weighted by molar-refractivity contribution is -0.118. The Labute approximate surface area is 105 Å². The number of hydrogen-bond acceptors (Lipinski definition) is 3. The summed E-state index contributed by atoms with van der Waals surface area (Å²) in [5, 5.41) is 3.38. The van der Waals surface area contributed by atoms with Crippen LogP contribution in [0.5, 0.6) is 0 Å². The molecule has 0 aromatic heterocycles. The van der Waals surface area contributed by atoms with Gasteiger partial charge in [0.25, 0.3) is 0 Å². The third-order valence-electron chi connectivity index (χ3n) is 2.63. The minimum atomic E-state index is -0.0262. The number of rotatable bonds is 0. The standard InChI is InChI=1S/C10H7BrClN3O/c11-6-1-2-7-5(9(6)12)3-15-4-8(16)14-10(15)13-7/h1-2H,3-4H2,(H,13,14,16). The molecule has 1 aromatic rings.